The smallest absolute Gasteiger partial charge is 0.467 e. The fourth-order valence-corrected chi connectivity index (χ4v) is 2.79. The molecule has 2 rings (SSSR count). The zero-order valence-electron chi connectivity index (χ0n) is 15.9. The van der Waals surface area contributed by atoms with Crippen molar-refractivity contribution < 1.29 is 29.1 Å². The molecule has 3 N–H and O–H groups in total. The Kier molecular flexibility index (Phi) is 6.27. The molecule has 27 heavy (non-hydrogen) atoms. The molecule has 0 atom stereocenters. The number of anilines is 1. The number of piperidine rings is 1. The Morgan fingerprint density at radius 2 is 1.78 bits per heavy atom. The Hall–Kier alpha value is -2.40. The van der Waals surface area contributed by atoms with Crippen molar-refractivity contribution >= 4 is 30.6 Å². The van der Waals surface area contributed by atoms with Crippen molar-refractivity contribution in [2.24, 2.45) is 0 Å². The molecule has 1 aromatic heterocycles. The molecule has 1 fully saturated rings. The van der Waals surface area contributed by atoms with Gasteiger partial charge in [0.15, 0.2) is 0 Å². The summed E-state index contributed by atoms with van der Waals surface area (Å²) in [6.45, 7) is 6.01. The third kappa shape index (κ3) is 5.30. The first-order valence-electron chi connectivity index (χ1n) is 8.59. The molecule has 0 aliphatic carbocycles. The van der Waals surface area contributed by atoms with E-state index < -0.39 is 30.3 Å². The minimum Gasteiger partial charge on any atom is -0.467 e. The summed E-state index contributed by atoms with van der Waals surface area (Å²) in [5.41, 5.74) is -1.68. The second-order valence-corrected chi connectivity index (χ2v) is 7.38. The quantitative estimate of drug-likeness (QED) is 0.453. The van der Waals surface area contributed by atoms with Crippen LogP contribution in [0.4, 0.5) is 10.7 Å². The second-order valence-electron chi connectivity index (χ2n) is 7.38. The van der Waals surface area contributed by atoms with Crippen molar-refractivity contribution in [3.63, 3.8) is 0 Å². The number of aromatic nitrogens is 2. The highest BCUT2D eigenvalue weighted by molar-refractivity contribution is 6.58. The standard InChI is InChI=1S/C16H25BN4O6/c1-15(2,3)27-14(23)20-16(12(22)26-4)5-7-21(8-6-16)13-18-9-11(10-19-13)17(24)25/h9-10,24-25H,5-8H2,1-4H3,(H,20,23). The molecule has 1 aromatic rings. The molecule has 1 saturated heterocycles. The Morgan fingerprint density at radius 3 is 2.22 bits per heavy atom. The minimum absolute atomic E-state index is 0.186. The van der Waals surface area contributed by atoms with Crippen LogP contribution in [-0.2, 0) is 14.3 Å². The Morgan fingerprint density at radius 1 is 1.22 bits per heavy atom. The Balaban J connectivity index is 2.08. The van der Waals surface area contributed by atoms with Gasteiger partial charge in [-0.15, -0.1) is 0 Å². The van der Waals surface area contributed by atoms with E-state index in [4.69, 9.17) is 19.5 Å². The van der Waals surface area contributed by atoms with E-state index in [0.717, 1.165) is 0 Å². The maximum Gasteiger partial charge on any atom is 0.491 e. The van der Waals surface area contributed by atoms with Gasteiger partial charge in [0.25, 0.3) is 0 Å². The van der Waals surface area contributed by atoms with Crippen LogP contribution < -0.4 is 15.7 Å². The summed E-state index contributed by atoms with van der Waals surface area (Å²) < 4.78 is 10.2. The molecule has 1 aliphatic rings. The summed E-state index contributed by atoms with van der Waals surface area (Å²) in [4.78, 5) is 34.6. The molecular formula is C16H25BN4O6. The first kappa shape index (κ1) is 20.9. The van der Waals surface area contributed by atoms with Crippen molar-refractivity contribution in [1.29, 1.82) is 0 Å². The third-order valence-corrected chi connectivity index (χ3v) is 4.17. The summed E-state index contributed by atoms with van der Waals surface area (Å²) in [6, 6.07) is 0. The van der Waals surface area contributed by atoms with Gasteiger partial charge >= 0.3 is 19.2 Å². The number of ether oxygens (including phenoxy) is 2. The van der Waals surface area contributed by atoms with Gasteiger partial charge in [0.05, 0.1) is 7.11 Å². The van der Waals surface area contributed by atoms with Crippen molar-refractivity contribution in [1.82, 2.24) is 15.3 Å². The van der Waals surface area contributed by atoms with Crippen LogP contribution >= 0.6 is 0 Å². The van der Waals surface area contributed by atoms with E-state index in [0.29, 0.717) is 19.0 Å². The molecule has 0 spiro atoms. The zero-order chi connectivity index (χ0) is 20.2. The van der Waals surface area contributed by atoms with Gasteiger partial charge < -0.3 is 29.7 Å². The van der Waals surface area contributed by atoms with E-state index in [1.54, 1.807) is 20.8 Å². The topological polar surface area (TPSA) is 134 Å². The van der Waals surface area contributed by atoms with Crippen molar-refractivity contribution in [3.05, 3.63) is 12.4 Å². The van der Waals surface area contributed by atoms with Crippen LogP contribution in [-0.4, -0.2) is 70.5 Å². The molecule has 2 heterocycles. The van der Waals surface area contributed by atoms with Crippen LogP contribution in [0.25, 0.3) is 0 Å². The molecule has 0 aromatic carbocycles. The minimum atomic E-state index is -1.63. The van der Waals surface area contributed by atoms with Gasteiger partial charge in [-0.1, -0.05) is 0 Å². The molecule has 11 heteroatoms. The number of nitrogens with zero attached hydrogens (tertiary/aromatic N) is 3. The fourth-order valence-electron chi connectivity index (χ4n) is 2.79. The number of hydrogen-bond donors (Lipinski definition) is 3. The van der Waals surface area contributed by atoms with Gasteiger partial charge in [-0.2, -0.15) is 0 Å². The van der Waals surface area contributed by atoms with E-state index in [-0.39, 0.29) is 18.3 Å². The summed E-state index contributed by atoms with van der Waals surface area (Å²) in [5, 5.41) is 20.9. The SMILES string of the molecule is COC(=O)C1(NC(=O)OC(C)(C)C)CCN(c2ncc(B(O)O)cn2)CC1. The molecule has 1 aliphatic heterocycles. The van der Waals surface area contributed by atoms with Crippen LogP contribution in [0.5, 0.6) is 0 Å². The maximum atomic E-state index is 12.4. The van der Waals surface area contributed by atoms with Crippen LogP contribution in [0, 0.1) is 0 Å². The Labute approximate surface area is 158 Å². The van der Waals surface area contributed by atoms with Crippen LogP contribution in [0.2, 0.25) is 0 Å². The van der Waals surface area contributed by atoms with Gasteiger partial charge in [-0.25, -0.2) is 19.6 Å². The number of amides is 1. The fraction of sp³-hybridized carbons (Fsp3) is 0.625. The van der Waals surface area contributed by atoms with Crippen LogP contribution in [0.1, 0.15) is 33.6 Å². The normalized spacial score (nSPS) is 16.4. The lowest BCUT2D eigenvalue weighted by atomic mass is 9.83. The van der Waals surface area contributed by atoms with E-state index in [2.05, 4.69) is 15.3 Å². The predicted octanol–water partition coefficient (Wildman–Crippen LogP) is -0.807. The van der Waals surface area contributed by atoms with Crippen LogP contribution in [0.15, 0.2) is 12.4 Å². The first-order chi connectivity index (χ1) is 12.6. The van der Waals surface area contributed by atoms with Crippen molar-refractivity contribution in [2.45, 2.75) is 44.8 Å². The lowest BCUT2D eigenvalue weighted by molar-refractivity contribution is -0.149. The molecule has 10 nitrogen and oxygen atoms in total. The highest BCUT2D eigenvalue weighted by atomic mass is 16.6. The maximum absolute atomic E-state index is 12.4. The number of hydrogen-bond acceptors (Lipinski definition) is 9. The van der Waals surface area contributed by atoms with E-state index in [9.17, 15) is 9.59 Å². The average molecular weight is 380 g/mol. The first-order valence-corrected chi connectivity index (χ1v) is 8.59. The molecule has 0 radical (unpaired) electrons. The molecular weight excluding hydrogens is 355 g/mol. The monoisotopic (exact) mass is 380 g/mol. The number of nitrogens with one attached hydrogen (secondary N) is 1. The molecule has 1 amide bonds. The second kappa shape index (κ2) is 8.09. The lowest BCUT2D eigenvalue weighted by Gasteiger charge is -2.40. The third-order valence-electron chi connectivity index (χ3n) is 4.17. The number of carbonyl (C=O) groups excluding carboxylic acids is 2. The van der Waals surface area contributed by atoms with E-state index in [1.807, 2.05) is 4.90 Å². The number of rotatable bonds is 4. The van der Waals surface area contributed by atoms with Crippen LogP contribution in [0.3, 0.4) is 0 Å². The summed E-state index contributed by atoms with van der Waals surface area (Å²) >= 11 is 0. The highest BCUT2D eigenvalue weighted by Crippen LogP contribution is 2.26. The van der Waals surface area contributed by atoms with Gasteiger partial charge in [-0.3, -0.25) is 0 Å². The van der Waals surface area contributed by atoms with Crippen molar-refractivity contribution in [3.8, 4) is 0 Å². The van der Waals surface area contributed by atoms with E-state index >= 15 is 0 Å². The largest absolute Gasteiger partial charge is 0.491 e. The average Bonchev–Trinajstić information content (AvgIpc) is 2.60. The van der Waals surface area contributed by atoms with Gasteiger partial charge in [-0.05, 0) is 33.6 Å². The number of esters is 1. The highest BCUT2D eigenvalue weighted by Gasteiger charge is 2.45. The molecule has 148 valence electrons. The number of carbonyl (C=O) groups is 2. The summed E-state index contributed by atoms with van der Waals surface area (Å²) in [5.74, 6) is -0.136. The molecule has 0 bridgehead atoms. The lowest BCUT2D eigenvalue weighted by Crippen LogP contribution is -2.61. The number of methoxy groups -OCH3 is 1. The zero-order valence-corrected chi connectivity index (χ0v) is 15.9. The van der Waals surface area contributed by atoms with Gasteiger partial charge in [0, 0.05) is 30.9 Å². The summed E-state index contributed by atoms with van der Waals surface area (Å²) in [7, 11) is -0.361. The van der Waals surface area contributed by atoms with Gasteiger partial charge in [0.1, 0.15) is 11.1 Å². The molecule has 0 saturated carbocycles. The van der Waals surface area contributed by atoms with Crippen molar-refractivity contribution in [2.75, 3.05) is 25.1 Å². The van der Waals surface area contributed by atoms with E-state index in [1.165, 1.54) is 19.5 Å². The molecule has 0 unspecified atom stereocenters. The van der Waals surface area contributed by atoms with Gasteiger partial charge in [0.2, 0.25) is 5.95 Å². The summed E-state index contributed by atoms with van der Waals surface area (Å²) in [6.07, 6.45) is 2.54. The number of alkyl carbamates (subject to hydrolysis) is 1. The predicted molar refractivity (Wildman–Crippen MR) is 97.4 cm³/mol. The Bertz CT molecular complexity index is 668.